The molecule has 0 saturated carbocycles. The fourth-order valence-corrected chi connectivity index (χ4v) is 10.0. The predicted molar refractivity (Wildman–Crippen MR) is 272 cm³/mol. The van der Waals surface area contributed by atoms with E-state index in [0.29, 0.717) is 25.7 Å². The Labute approximate surface area is 394 Å². The molecule has 0 spiro atoms. The first-order valence-corrected chi connectivity index (χ1v) is 29.9. The van der Waals surface area contributed by atoms with Gasteiger partial charge in [0, 0.05) is 0 Å². The molecule has 0 aromatic carbocycles. The zero-order valence-corrected chi connectivity index (χ0v) is 43.8. The molecule has 2 atom stereocenters. The minimum absolute atomic E-state index is 0.487. The Morgan fingerprint density at radius 2 is 0.413 bits per heavy atom. The third-order valence-electron chi connectivity index (χ3n) is 13.7. The van der Waals surface area contributed by atoms with E-state index in [0.717, 1.165) is 77.0 Å². The van der Waals surface area contributed by atoms with Crippen molar-refractivity contribution in [3.63, 3.8) is 0 Å². The fourth-order valence-electron chi connectivity index (χ4n) is 9.33. The lowest BCUT2D eigenvalue weighted by atomic mass is 9.94. The molecule has 0 rings (SSSR count). The van der Waals surface area contributed by atoms with E-state index in [1.807, 2.05) is 0 Å². The minimum Gasteiger partial charge on any atom is -0.316 e. The van der Waals surface area contributed by atoms with Gasteiger partial charge in [-0.15, -0.1) is 8.42 Å². The molecule has 376 valence electrons. The quantitative estimate of drug-likeness (QED) is 0.0565. The minimum atomic E-state index is -4.79. The second kappa shape index (κ2) is 48.8. The average Bonchev–Trinajstić information content (AvgIpc) is 3.26. The van der Waals surface area contributed by atoms with Crippen LogP contribution in [0.5, 0.6) is 0 Å². The van der Waals surface area contributed by atoms with E-state index in [4.69, 9.17) is 8.37 Å². The van der Waals surface area contributed by atoms with Crippen LogP contribution in [0.3, 0.4) is 0 Å². The van der Waals surface area contributed by atoms with Gasteiger partial charge in [0.05, 0.1) is 11.8 Å². The second-order valence-electron chi connectivity index (χ2n) is 19.9. The van der Waals surface area contributed by atoms with E-state index in [2.05, 4.69) is 27.7 Å². The molecule has 0 N–H and O–H groups in total. The molecular weight excluding hydrogens is 801 g/mol. The summed E-state index contributed by atoms with van der Waals surface area (Å²) in [6.45, 7) is 9.03. The first kappa shape index (κ1) is 61.9. The van der Waals surface area contributed by atoms with Gasteiger partial charge in [0.25, 0.3) is 0 Å². The molecule has 6 nitrogen and oxygen atoms in total. The fraction of sp³-hybridized carbons (Fsp3) is 0.964. The molecule has 0 aliphatic rings. The van der Waals surface area contributed by atoms with E-state index in [9.17, 15) is 18.0 Å². The lowest BCUT2D eigenvalue weighted by Crippen LogP contribution is -2.27. The summed E-state index contributed by atoms with van der Waals surface area (Å²) in [5.41, 5.74) is 0. The van der Waals surface area contributed by atoms with Gasteiger partial charge in [-0.05, 0) is 25.7 Å². The largest absolute Gasteiger partial charge is 0.506 e. The number of hydrogen-bond acceptors (Lipinski definition) is 6. The maximum Gasteiger partial charge on any atom is 0.506 e. The van der Waals surface area contributed by atoms with Crippen molar-refractivity contribution in [2.45, 2.75) is 336 Å². The Bertz CT molecular complexity index is 984. The smallest absolute Gasteiger partial charge is 0.316 e. The lowest BCUT2D eigenvalue weighted by molar-refractivity contribution is -0.143. The highest BCUT2D eigenvalue weighted by Crippen LogP contribution is 2.25. The highest BCUT2D eigenvalue weighted by Gasteiger charge is 2.31. The molecule has 0 fully saturated rings. The highest BCUT2D eigenvalue weighted by atomic mass is 32.3. The van der Waals surface area contributed by atoms with Crippen molar-refractivity contribution in [2.75, 3.05) is 0 Å². The molecule has 0 aliphatic heterocycles. The Morgan fingerprint density at radius 1 is 0.270 bits per heavy atom. The maximum absolute atomic E-state index is 13.5. The van der Waals surface area contributed by atoms with Crippen LogP contribution < -0.4 is 0 Å². The van der Waals surface area contributed by atoms with Crippen LogP contribution in [0.4, 0.5) is 0 Å². The van der Waals surface area contributed by atoms with E-state index in [1.54, 1.807) is 0 Å². The van der Waals surface area contributed by atoms with Crippen LogP contribution >= 0.6 is 0 Å². The Morgan fingerprint density at radius 3 is 0.571 bits per heavy atom. The molecule has 0 aromatic heterocycles. The Hall–Kier alpha value is -1.11. The van der Waals surface area contributed by atoms with Gasteiger partial charge >= 0.3 is 22.3 Å². The maximum atomic E-state index is 13.5. The molecule has 0 bridgehead atoms. The van der Waals surface area contributed by atoms with E-state index < -0.39 is 34.2 Å². The van der Waals surface area contributed by atoms with Crippen molar-refractivity contribution in [3.05, 3.63) is 0 Å². The van der Waals surface area contributed by atoms with Crippen LogP contribution in [0, 0.1) is 11.8 Å². The van der Waals surface area contributed by atoms with E-state index >= 15 is 0 Å². The van der Waals surface area contributed by atoms with Gasteiger partial charge in [-0.3, -0.25) is 9.59 Å². The van der Waals surface area contributed by atoms with Crippen LogP contribution in [-0.4, -0.2) is 20.4 Å². The molecular formula is C56H110O6S. The molecule has 63 heavy (non-hydrogen) atoms. The van der Waals surface area contributed by atoms with Gasteiger partial charge in [-0.25, -0.2) is 0 Å². The summed E-state index contributed by atoms with van der Waals surface area (Å²) in [5.74, 6) is -2.46. The number of hydrogen-bond donors (Lipinski definition) is 0. The van der Waals surface area contributed by atoms with Gasteiger partial charge < -0.3 is 8.37 Å². The van der Waals surface area contributed by atoms with Crippen molar-refractivity contribution in [2.24, 2.45) is 11.8 Å². The second-order valence-corrected chi connectivity index (χ2v) is 21.1. The summed E-state index contributed by atoms with van der Waals surface area (Å²) in [5, 5.41) is 0. The molecule has 0 aliphatic carbocycles. The van der Waals surface area contributed by atoms with Crippen molar-refractivity contribution < 1.29 is 26.4 Å². The summed E-state index contributed by atoms with van der Waals surface area (Å²) < 4.78 is 36.7. The lowest BCUT2D eigenvalue weighted by Gasteiger charge is -2.18. The van der Waals surface area contributed by atoms with Gasteiger partial charge in [0.1, 0.15) is 0 Å². The zero-order chi connectivity index (χ0) is 46.2. The monoisotopic (exact) mass is 911 g/mol. The third-order valence-corrected chi connectivity index (χ3v) is 14.4. The molecule has 0 heterocycles. The predicted octanol–water partition coefficient (Wildman–Crippen LogP) is 19.4. The summed E-state index contributed by atoms with van der Waals surface area (Å²) >= 11 is 0. The molecule has 7 heteroatoms. The molecule has 0 radical (unpaired) electrons. The van der Waals surface area contributed by atoms with Crippen molar-refractivity contribution in [1.29, 1.82) is 0 Å². The third kappa shape index (κ3) is 44.5. The number of carbonyl (C=O) groups is 2. The number of unbranched alkanes of at least 4 members (excludes halogenated alkanes) is 40. The summed E-state index contributed by atoms with van der Waals surface area (Å²) in [4.78, 5) is 27.0. The van der Waals surface area contributed by atoms with Gasteiger partial charge in [-0.1, -0.05) is 310 Å². The summed E-state index contributed by atoms with van der Waals surface area (Å²) in [6, 6.07) is 0. The zero-order valence-electron chi connectivity index (χ0n) is 43.0. The van der Waals surface area contributed by atoms with Gasteiger partial charge in [-0.2, -0.15) is 0 Å². The Balaban J connectivity index is 5.12. The average molecular weight is 912 g/mol. The van der Waals surface area contributed by atoms with Crippen LogP contribution in [0.15, 0.2) is 0 Å². The first-order chi connectivity index (χ1) is 30.8. The standard InChI is InChI=1S/C56H110O6S/c1-5-9-13-17-21-25-29-31-35-39-43-47-51-53(49-45-41-37-33-27-23-19-15-11-7-3)55(57)61-63(59,60)62-56(58)54(50-46-42-38-34-28-24-20-16-12-8-4)52-48-44-40-36-32-30-26-22-18-14-10-6-2/h53-54H,5-52H2,1-4H3. The van der Waals surface area contributed by atoms with Crippen LogP contribution in [0.25, 0.3) is 0 Å². The van der Waals surface area contributed by atoms with Crippen molar-refractivity contribution in [3.8, 4) is 0 Å². The molecule has 0 amide bonds. The Kier molecular flexibility index (Phi) is 48.0. The van der Waals surface area contributed by atoms with Gasteiger partial charge in [0.2, 0.25) is 0 Å². The van der Waals surface area contributed by atoms with Crippen LogP contribution in [0.2, 0.25) is 0 Å². The van der Waals surface area contributed by atoms with E-state index in [-0.39, 0.29) is 0 Å². The summed E-state index contributed by atoms with van der Waals surface area (Å²) in [6.07, 6.45) is 56.4. The SMILES string of the molecule is CCCCCCCCCCCCCCC(CCCCCCCCCCCC)C(=O)OS(=O)(=O)OC(=O)C(CCCCCCCCCCCC)CCCCCCCCCCCCCC. The van der Waals surface area contributed by atoms with Crippen LogP contribution in [0.1, 0.15) is 336 Å². The molecule has 0 saturated heterocycles. The topological polar surface area (TPSA) is 86.7 Å². The summed E-state index contributed by atoms with van der Waals surface area (Å²) in [7, 11) is -4.79. The van der Waals surface area contributed by atoms with Gasteiger partial charge in [0.15, 0.2) is 0 Å². The highest BCUT2D eigenvalue weighted by molar-refractivity contribution is 7.82. The van der Waals surface area contributed by atoms with E-state index in [1.165, 1.54) is 205 Å². The van der Waals surface area contributed by atoms with Crippen molar-refractivity contribution >= 4 is 22.3 Å². The number of rotatable bonds is 52. The van der Waals surface area contributed by atoms with Crippen molar-refractivity contribution in [1.82, 2.24) is 0 Å². The number of carbonyl (C=O) groups excluding carboxylic acids is 2. The molecule has 0 aromatic rings. The first-order valence-electron chi connectivity index (χ1n) is 28.5. The van der Waals surface area contributed by atoms with Crippen LogP contribution in [-0.2, 0) is 28.4 Å². The normalized spacial score (nSPS) is 12.8. The molecule has 2 unspecified atom stereocenters.